The van der Waals surface area contributed by atoms with E-state index in [1.54, 1.807) is 11.3 Å². The first-order chi connectivity index (χ1) is 9.60. The van der Waals surface area contributed by atoms with E-state index in [1.807, 2.05) is 6.07 Å². The minimum atomic E-state index is 0.841. The van der Waals surface area contributed by atoms with Gasteiger partial charge in [0, 0.05) is 22.9 Å². The minimum Gasteiger partial charge on any atom is -0.369 e. The number of anilines is 1. The van der Waals surface area contributed by atoms with Crippen LogP contribution in [0.25, 0.3) is 0 Å². The molecule has 1 N–H and O–H groups in total. The van der Waals surface area contributed by atoms with Crippen molar-refractivity contribution in [1.29, 1.82) is 0 Å². The molecular weight excluding hydrogens is 356 g/mol. The van der Waals surface area contributed by atoms with Crippen LogP contribution in [0.1, 0.15) is 17.4 Å². The molecule has 0 bridgehead atoms. The molecule has 0 unspecified atom stereocenters. The fraction of sp³-hybridized carbons (Fsp3) is 0.333. The fourth-order valence-corrected chi connectivity index (χ4v) is 3.86. The number of thiophene rings is 1. The minimum absolute atomic E-state index is 0.841. The monoisotopic (exact) mass is 372 g/mol. The molecule has 0 saturated heterocycles. The number of halogens is 2. The summed E-state index contributed by atoms with van der Waals surface area (Å²) in [7, 11) is 2.09. The van der Waals surface area contributed by atoms with Crippen molar-refractivity contribution in [1.82, 2.24) is 5.32 Å². The summed E-state index contributed by atoms with van der Waals surface area (Å²) in [6.45, 7) is 4.87. The molecule has 5 heteroatoms. The van der Waals surface area contributed by atoms with E-state index in [-0.39, 0.29) is 0 Å². The SMILES string of the molecule is CCNCc1ccc(N(C)Cc2ccc(Cl)s2)c(Br)c1. The van der Waals surface area contributed by atoms with Crippen molar-refractivity contribution in [3.8, 4) is 0 Å². The number of rotatable bonds is 6. The predicted octanol–water partition coefficient (Wildman–Crippen LogP) is 4.91. The molecule has 1 aromatic carbocycles. The summed E-state index contributed by atoms with van der Waals surface area (Å²) in [5, 5.41) is 3.34. The zero-order chi connectivity index (χ0) is 14.5. The zero-order valence-electron chi connectivity index (χ0n) is 11.6. The van der Waals surface area contributed by atoms with E-state index < -0.39 is 0 Å². The molecule has 2 aromatic rings. The van der Waals surface area contributed by atoms with Gasteiger partial charge in [0.2, 0.25) is 0 Å². The number of nitrogens with zero attached hydrogens (tertiary/aromatic N) is 1. The molecule has 0 amide bonds. The molecule has 0 saturated carbocycles. The normalized spacial score (nSPS) is 10.8. The van der Waals surface area contributed by atoms with Crippen molar-refractivity contribution in [2.24, 2.45) is 0 Å². The van der Waals surface area contributed by atoms with Crippen molar-refractivity contribution in [2.45, 2.75) is 20.0 Å². The second kappa shape index (κ2) is 7.46. The summed E-state index contributed by atoms with van der Waals surface area (Å²) in [4.78, 5) is 3.49. The molecule has 0 spiro atoms. The lowest BCUT2D eigenvalue weighted by atomic mass is 10.2. The van der Waals surface area contributed by atoms with Gasteiger partial charge in [-0.15, -0.1) is 11.3 Å². The molecule has 0 aliphatic carbocycles. The quantitative estimate of drug-likeness (QED) is 0.774. The standard InChI is InChI=1S/C15H18BrClN2S/c1-3-18-9-11-4-6-14(13(16)8-11)19(2)10-12-5-7-15(17)20-12/h4-8,18H,3,9-10H2,1-2H3. The van der Waals surface area contributed by atoms with Crippen LogP contribution in [-0.2, 0) is 13.1 Å². The maximum atomic E-state index is 5.97. The summed E-state index contributed by atoms with van der Waals surface area (Å²) in [5.74, 6) is 0. The van der Waals surface area contributed by atoms with Gasteiger partial charge in [0.25, 0.3) is 0 Å². The van der Waals surface area contributed by atoms with Gasteiger partial charge in [-0.25, -0.2) is 0 Å². The Hall–Kier alpha value is -0.550. The Balaban J connectivity index is 2.07. The Bertz CT molecular complexity index is 571. The molecule has 2 rings (SSSR count). The van der Waals surface area contributed by atoms with E-state index in [1.165, 1.54) is 16.1 Å². The Morgan fingerprint density at radius 1 is 1.30 bits per heavy atom. The van der Waals surface area contributed by atoms with Crippen LogP contribution in [0.5, 0.6) is 0 Å². The summed E-state index contributed by atoms with van der Waals surface area (Å²) in [6, 6.07) is 10.5. The summed E-state index contributed by atoms with van der Waals surface area (Å²) in [6.07, 6.45) is 0. The molecule has 0 radical (unpaired) electrons. The molecule has 108 valence electrons. The van der Waals surface area contributed by atoms with E-state index >= 15 is 0 Å². The fourth-order valence-electron chi connectivity index (χ4n) is 1.99. The van der Waals surface area contributed by atoms with E-state index in [0.717, 1.165) is 28.4 Å². The highest BCUT2D eigenvalue weighted by Crippen LogP contribution is 2.29. The zero-order valence-corrected chi connectivity index (χ0v) is 14.8. The van der Waals surface area contributed by atoms with E-state index in [0.29, 0.717) is 0 Å². The largest absolute Gasteiger partial charge is 0.369 e. The summed E-state index contributed by atoms with van der Waals surface area (Å²) in [5.41, 5.74) is 2.48. The van der Waals surface area contributed by atoms with Gasteiger partial charge in [-0.1, -0.05) is 24.6 Å². The third-order valence-electron chi connectivity index (χ3n) is 3.02. The van der Waals surface area contributed by atoms with Gasteiger partial charge >= 0.3 is 0 Å². The van der Waals surface area contributed by atoms with Crippen LogP contribution in [0.3, 0.4) is 0 Å². The second-order valence-electron chi connectivity index (χ2n) is 4.63. The van der Waals surface area contributed by atoms with E-state index in [2.05, 4.69) is 64.4 Å². The van der Waals surface area contributed by atoms with Crippen LogP contribution >= 0.6 is 38.9 Å². The first kappa shape index (κ1) is 15.8. The van der Waals surface area contributed by atoms with Gasteiger partial charge in [-0.2, -0.15) is 0 Å². The lowest BCUT2D eigenvalue weighted by Gasteiger charge is -2.20. The molecule has 20 heavy (non-hydrogen) atoms. The van der Waals surface area contributed by atoms with Gasteiger partial charge in [0.15, 0.2) is 0 Å². The smallest absolute Gasteiger partial charge is 0.0931 e. The lowest BCUT2D eigenvalue weighted by molar-refractivity contribution is 0.726. The maximum Gasteiger partial charge on any atom is 0.0931 e. The van der Waals surface area contributed by atoms with E-state index in [9.17, 15) is 0 Å². The van der Waals surface area contributed by atoms with Gasteiger partial charge in [-0.05, 0) is 52.3 Å². The molecule has 1 aromatic heterocycles. The molecule has 2 nitrogen and oxygen atoms in total. The summed E-state index contributed by atoms with van der Waals surface area (Å²) >= 11 is 11.3. The number of benzene rings is 1. The maximum absolute atomic E-state index is 5.97. The Morgan fingerprint density at radius 3 is 2.70 bits per heavy atom. The van der Waals surface area contributed by atoms with Gasteiger partial charge < -0.3 is 10.2 Å². The van der Waals surface area contributed by atoms with Crippen molar-refractivity contribution in [3.05, 3.63) is 49.6 Å². The highest BCUT2D eigenvalue weighted by Gasteiger charge is 2.08. The molecule has 0 aliphatic heterocycles. The molecule has 0 aliphatic rings. The highest BCUT2D eigenvalue weighted by molar-refractivity contribution is 9.10. The van der Waals surface area contributed by atoms with Gasteiger partial charge in [0.05, 0.1) is 16.6 Å². The first-order valence-corrected chi connectivity index (χ1v) is 8.53. The van der Waals surface area contributed by atoms with Crippen LogP contribution in [0.4, 0.5) is 5.69 Å². The van der Waals surface area contributed by atoms with Crippen LogP contribution < -0.4 is 10.2 Å². The number of hydrogen-bond donors (Lipinski definition) is 1. The molecular formula is C15H18BrClN2S. The average Bonchev–Trinajstić information content (AvgIpc) is 2.81. The van der Waals surface area contributed by atoms with Gasteiger partial charge in [0.1, 0.15) is 0 Å². The Labute approximate surface area is 137 Å². The molecule has 0 atom stereocenters. The van der Waals surface area contributed by atoms with Crippen molar-refractivity contribution in [3.63, 3.8) is 0 Å². The molecule has 0 fully saturated rings. The Kier molecular flexibility index (Phi) is 5.90. The topological polar surface area (TPSA) is 15.3 Å². The van der Waals surface area contributed by atoms with Gasteiger partial charge in [-0.3, -0.25) is 0 Å². The third-order valence-corrected chi connectivity index (χ3v) is 4.88. The average molecular weight is 374 g/mol. The van der Waals surface area contributed by atoms with Crippen LogP contribution in [0.15, 0.2) is 34.8 Å². The molecule has 1 heterocycles. The second-order valence-corrected chi connectivity index (χ2v) is 7.28. The van der Waals surface area contributed by atoms with Crippen molar-refractivity contribution in [2.75, 3.05) is 18.5 Å². The highest BCUT2D eigenvalue weighted by atomic mass is 79.9. The van der Waals surface area contributed by atoms with Crippen LogP contribution in [0.2, 0.25) is 4.34 Å². The van der Waals surface area contributed by atoms with E-state index in [4.69, 9.17) is 11.6 Å². The lowest BCUT2D eigenvalue weighted by Crippen LogP contribution is -2.16. The first-order valence-electron chi connectivity index (χ1n) is 6.54. The van der Waals surface area contributed by atoms with Crippen molar-refractivity contribution >= 4 is 44.6 Å². The predicted molar refractivity (Wildman–Crippen MR) is 93.0 cm³/mol. The van der Waals surface area contributed by atoms with Crippen molar-refractivity contribution < 1.29 is 0 Å². The van der Waals surface area contributed by atoms with Crippen LogP contribution in [0, 0.1) is 0 Å². The third kappa shape index (κ3) is 4.22. The number of nitrogens with one attached hydrogen (secondary N) is 1. The summed E-state index contributed by atoms with van der Waals surface area (Å²) < 4.78 is 1.96. The Morgan fingerprint density at radius 2 is 2.10 bits per heavy atom. The number of hydrogen-bond acceptors (Lipinski definition) is 3. The van der Waals surface area contributed by atoms with Crippen LogP contribution in [-0.4, -0.2) is 13.6 Å².